The van der Waals surface area contributed by atoms with Gasteiger partial charge in [-0.2, -0.15) is 0 Å². The third-order valence-electron chi connectivity index (χ3n) is 1.27. The molecule has 1 atom stereocenters. The van der Waals surface area contributed by atoms with Crippen molar-refractivity contribution in [3.05, 3.63) is 11.4 Å². The van der Waals surface area contributed by atoms with Gasteiger partial charge in [0.1, 0.15) is 0 Å². The molecule has 0 saturated heterocycles. The summed E-state index contributed by atoms with van der Waals surface area (Å²) in [6.45, 7) is 11.4. The zero-order chi connectivity index (χ0) is 8.36. The summed E-state index contributed by atoms with van der Waals surface area (Å²) in [4.78, 5) is 2.86. The van der Waals surface area contributed by atoms with Crippen LogP contribution in [0, 0.1) is 12.0 Å². The molecule has 0 aromatic heterocycles. The minimum atomic E-state index is -2.53. The van der Waals surface area contributed by atoms with Crippen molar-refractivity contribution >= 4 is 0 Å². The van der Waals surface area contributed by atoms with Gasteiger partial charge in [0, 0.05) is 5.41 Å². The number of halogens is 2. The Hall–Kier alpha value is -0.650. The van der Waals surface area contributed by atoms with Crippen LogP contribution >= 0.6 is 0 Å². The molecule has 0 aromatic rings. The summed E-state index contributed by atoms with van der Waals surface area (Å²) < 4.78 is 24.0. The highest BCUT2D eigenvalue weighted by atomic mass is 19.3. The van der Waals surface area contributed by atoms with E-state index in [9.17, 15) is 8.78 Å². The Morgan fingerprint density at radius 3 is 1.70 bits per heavy atom. The summed E-state index contributed by atoms with van der Waals surface area (Å²) in [5.74, 6) is 0. The summed E-state index contributed by atoms with van der Waals surface area (Å²) >= 11 is 0. The fourth-order valence-electron chi connectivity index (χ4n) is 0.628. The summed E-state index contributed by atoms with van der Waals surface area (Å²) in [6, 6.07) is -1.17. The van der Waals surface area contributed by atoms with Crippen LogP contribution in [0.15, 0.2) is 0 Å². The highest BCUT2D eigenvalue weighted by molar-refractivity contribution is 4.91. The van der Waals surface area contributed by atoms with Crippen LogP contribution in [0.25, 0.3) is 4.85 Å². The first-order chi connectivity index (χ1) is 4.39. The van der Waals surface area contributed by atoms with E-state index < -0.39 is 17.9 Å². The van der Waals surface area contributed by atoms with Gasteiger partial charge in [-0.3, -0.25) is 0 Å². The number of rotatable bonds is 1. The minimum Gasteiger partial charge on any atom is -0.307 e. The zero-order valence-corrected chi connectivity index (χ0v) is 6.36. The van der Waals surface area contributed by atoms with E-state index >= 15 is 0 Å². The van der Waals surface area contributed by atoms with Crippen molar-refractivity contribution in [2.24, 2.45) is 5.41 Å². The van der Waals surface area contributed by atoms with E-state index in [1.54, 1.807) is 20.8 Å². The Labute approximate surface area is 59.9 Å². The Bertz CT molecular complexity index is 141. The molecular weight excluding hydrogens is 136 g/mol. The summed E-state index contributed by atoms with van der Waals surface area (Å²) in [6.07, 6.45) is -2.53. The van der Waals surface area contributed by atoms with Gasteiger partial charge in [-0.15, -0.1) is 0 Å². The molecule has 0 rings (SSSR count). The topological polar surface area (TPSA) is 4.36 Å². The second-order valence-electron chi connectivity index (χ2n) is 3.27. The molecule has 0 spiro atoms. The van der Waals surface area contributed by atoms with Crippen LogP contribution in [0.3, 0.4) is 0 Å². The number of nitrogens with zero attached hydrogens (tertiary/aromatic N) is 1. The fraction of sp³-hybridized carbons (Fsp3) is 0.857. The number of alkyl halides is 2. The Kier molecular flexibility index (Phi) is 2.77. The van der Waals surface area contributed by atoms with E-state index in [0.29, 0.717) is 0 Å². The molecule has 3 heteroatoms. The van der Waals surface area contributed by atoms with Crippen molar-refractivity contribution in [2.75, 3.05) is 0 Å². The highest BCUT2D eigenvalue weighted by Gasteiger charge is 2.38. The predicted octanol–water partition coefficient (Wildman–Crippen LogP) is 2.59. The van der Waals surface area contributed by atoms with Gasteiger partial charge in [0.15, 0.2) is 0 Å². The molecule has 0 heterocycles. The summed E-state index contributed by atoms with van der Waals surface area (Å²) in [5, 5.41) is 0. The van der Waals surface area contributed by atoms with Gasteiger partial charge in [0.05, 0.1) is 0 Å². The molecule has 0 fully saturated rings. The van der Waals surface area contributed by atoms with Crippen LogP contribution in [-0.4, -0.2) is 12.5 Å². The molecule has 1 nitrogen and oxygen atoms in total. The number of hydrogen-bond acceptors (Lipinski definition) is 0. The lowest BCUT2D eigenvalue weighted by Gasteiger charge is -2.18. The lowest BCUT2D eigenvalue weighted by atomic mass is 9.88. The first-order valence-electron chi connectivity index (χ1n) is 3.04. The first kappa shape index (κ1) is 9.35. The SMILES string of the molecule is [C-]#[N+]C(C(F)F)C(C)(C)C. The van der Waals surface area contributed by atoms with Crippen LogP contribution in [0.5, 0.6) is 0 Å². The second kappa shape index (κ2) is 2.96. The third kappa shape index (κ3) is 2.30. The largest absolute Gasteiger partial charge is 0.312 e. The van der Waals surface area contributed by atoms with E-state index in [-0.39, 0.29) is 0 Å². The molecule has 58 valence electrons. The maximum absolute atomic E-state index is 12.0. The smallest absolute Gasteiger partial charge is 0.307 e. The average molecular weight is 147 g/mol. The molecule has 0 N–H and O–H groups in total. The maximum atomic E-state index is 12.0. The lowest BCUT2D eigenvalue weighted by molar-refractivity contribution is 0.0841. The van der Waals surface area contributed by atoms with Crippen molar-refractivity contribution in [3.8, 4) is 0 Å². The van der Waals surface area contributed by atoms with Gasteiger partial charge in [0.25, 0.3) is 6.04 Å². The molecule has 0 aliphatic heterocycles. The van der Waals surface area contributed by atoms with Gasteiger partial charge in [-0.05, 0) is 0 Å². The molecule has 0 saturated carbocycles. The van der Waals surface area contributed by atoms with Gasteiger partial charge >= 0.3 is 6.43 Å². The van der Waals surface area contributed by atoms with E-state index in [2.05, 4.69) is 4.85 Å². The van der Waals surface area contributed by atoms with Crippen LogP contribution < -0.4 is 0 Å². The van der Waals surface area contributed by atoms with Gasteiger partial charge in [-0.1, -0.05) is 20.8 Å². The molecular formula is C7H11F2N. The Morgan fingerprint density at radius 1 is 1.30 bits per heavy atom. The Balaban J connectivity index is 4.26. The number of hydrogen-bond donors (Lipinski definition) is 0. The molecule has 0 aliphatic rings. The molecule has 0 aliphatic carbocycles. The van der Waals surface area contributed by atoms with Crippen molar-refractivity contribution in [2.45, 2.75) is 33.2 Å². The van der Waals surface area contributed by atoms with E-state index in [1.165, 1.54) is 0 Å². The molecule has 0 aromatic carbocycles. The average Bonchev–Trinajstić information content (AvgIpc) is 1.60. The quantitative estimate of drug-likeness (QED) is 0.502. The van der Waals surface area contributed by atoms with Crippen LogP contribution in [0.4, 0.5) is 8.78 Å². The molecule has 0 amide bonds. The molecule has 10 heavy (non-hydrogen) atoms. The van der Waals surface area contributed by atoms with Gasteiger partial charge < -0.3 is 4.85 Å². The predicted molar refractivity (Wildman–Crippen MR) is 35.8 cm³/mol. The van der Waals surface area contributed by atoms with E-state index in [0.717, 1.165) is 0 Å². The van der Waals surface area contributed by atoms with Gasteiger partial charge in [0.2, 0.25) is 0 Å². The van der Waals surface area contributed by atoms with E-state index in [4.69, 9.17) is 6.57 Å². The molecule has 0 bridgehead atoms. The fourth-order valence-corrected chi connectivity index (χ4v) is 0.628. The molecule has 1 unspecified atom stereocenters. The zero-order valence-electron chi connectivity index (χ0n) is 6.36. The van der Waals surface area contributed by atoms with Crippen LogP contribution in [0.1, 0.15) is 20.8 Å². The van der Waals surface area contributed by atoms with E-state index in [1.807, 2.05) is 0 Å². The van der Waals surface area contributed by atoms with Crippen molar-refractivity contribution < 1.29 is 8.78 Å². The standard InChI is InChI=1S/C7H11F2N/c1-7(2,3)5(10-4)6(8)9/h5-6H,1-3H3. The van der Waals surface area contributed by atoms with Gasteiger partial charge in [-0.25, -0.2) is 15.4 Å². The first-order valence-corrected chi connectivity index (χ1v) is 3.04. The maximum Gasteiger partial charge on any atom is 0.312 e. The normalized spacial score (nSPS) is 14.9. The lowest BCUT2D eigenvalue weighted by Crippen LogP contribution is -2.29. The third-order valence-corrected chi connectivity index (χ3v) is 1.27. The van der Waals surface area contributed by atoms with Crippen LogP contribution in [0.2, 0.25) is 0 Å². The van der Waals surface area contributed by atoms with Crippen molar-refractivity contribution in [1.29, 1.82) is 0 Å². The monoisotopic (exact) mass is 147 g/mol. The molecule has 0 radical (unpaired) electrons. The Morgan fingerprint density at radius 2 is 1.70 bits per heavy atom. The highest BCUT2D eigenvalue weighted by Crippen LogP contribution is 2.26. The van der Waals surface area contributed by atoms with Crippen molar-refractivity contribution in [3.63, 3.8) is 0 Å². The van der Waals surface area contributed by atoms with Crippen LogP contribution in [-0.2, 0) is 0 Å². The minimum absolute atomic E-state index is 0.615. The summed E-state index contributed by atoms with van der Waals surface area (Å²) in [7, 11) is 0. The second-order valence-corrected chi connectivity index (χ2v) is 3.27. The summed E-state index contributed by atoms with van der Waals surface area (Å²) in [5.41, 5.74) is -0.615. The van der Waals surface area contributed by atoms with Crippen molar-refractivity contribution in [1.82, 2.24) is 0 Å².